The van der Waals surface area contributed by atoms with E-state index in [2.05, 4.69) is 16.0 Å². The third-order valence-corrected chi connectivity index (χ3v) is 6.41. The van der Waals surface area contributed by atoms with Gasteiger partial charge in [0, 0.05) is 18.8 Å². The lowest BCUT2D eigenvalue weighted by Gasteiger charge is -2.39. The lowest BCUT2D eigenvalue weighted by molar-refractivity contribution is -0.230. The van der Waals surface area contributed by atoms with Crippen molar-refractivity contribution in [2.24, 2.45) is 11.7 Å². The number of amides is 3. The van der Waals surface area contributed by atoms with Crippen LogP contribution < -0.4 is 21.7 Å². The highest BCUT2D eigenvalue weighted by atomic mass is 16.6. The number of unbranched alkanes of at least 4 members (excludes halogenated alkanes) is 1. The molecule has 0 radical (unpaired) electrons. The van der Waals surface area contributed by atoms with Crippen molar-refractivity contribution in [1.29, 1.82) is 0 Å². The molecule has 224 valence electrons. The van der Waals surface area contributed by atoms with Gasteiger partial charge in [0.2, 0.25) is 18.2 Å². The highest BCUT2D eigenvalue weighted by Crippen LogP contribution is 2.20. The number of rotatable bonds is 15. The van der Waals surface area contributed by atoms with Gasteiger partial charge in [-0.15, -0.1) is 0 Å². The Bertz CT molecular complexity index is 980. The summed E-state index contributed by atoms with van der Waals surface area (Å²) in [4.78, 5) is 50.0. The average Bonchev–Trinajstić information content (AvgIpc) is 2.85. The molecule has 0 spiro atoms. The SMILES string of the molecule is CC(C)[C@H](N)C(=O)N[C@@H](CCCCNC(=O)OC(C)(C)C)C(=O)Nc1ccc(COC(O)N2CC[C@@H]2C=O)cc1. The number of aliphatic hydroxyl groups excluding tert-OH is 1. The normalized spacial score (nSPS) is 17.8. The molecule has 1 aliphatic rings. The van der Waals surface area contributed by atoms with Gasteiger partial charge in [-0.2, -0.15) is 0 Å². The van der Waals surface area contributed by atoms with Crippen LogP contribution in [-0.2, 0) is 30.5 Å². The van der Waals surface area contributed by atoms with Gasteiger partial charge in [-0.25, -0.2) is 9.69 Å². The third-order valence-electron chi connectivity index (χ3n) is 6.41. The van der Waals surface area contributed by atoms with E-state index in [4.69, 9.17) is 15.2 Å². The summed E-state index contributed by atoms with van der Waals surface area (Å²) in [5.74, 6) is -0.894. The summed E-state index contributed by atoms with van der Waals surface area (Å²) in [7, 11) is 0. The van der Waals surface area contributed by atoms with Gasteiger partial charge in [-0.05, 0) is 70.1 Å². The molecule has 0 saturated carbocycles. The number of aldehydes is 1. The van der Waals surface area contributed by atoms with Crippen molar-refractivity contribution in [3.63, 3.8) is 0 Å². The molecule has 1 unspecified atom stereocenters. The van der Waals surface area contributed by atoms with Gasteiger partial charge in [0.15, 0.2) is 0 Å². The Morgan fingerprint density at radius 3 is 2.38 bits per heavy atom. The first-order valence-electron chi connectivity index (χ1n) is 13.7. The molecule has 3 amide bonds. The molecule has 0 aliphatic carbocycles. The molecule has 4 atom stereocenters. The van der Waals surface area contributed by atoms with Crippen molar-refractivity contribution < 1.29 is 33.8 Å². The summed E-state index contributed by atoms with van der Waals surface area (Å²) in [6.45, 7) is 10.1. The Hall–Kier alpha value is -3.06. The summed E-state index contributed by atoms with van der Waals surface area (Å²) in [5, 5.41) is 18.4. The van der Waals surface area contributed by atoms with Crippen LogP contribution in [0.15, 0.2) is 24.3 Å². The summed E-state index contributed by atoms with van der Waals surface area (Å²) in [5.41, 5.74) is 6.68. The lowest BCUT2D eigenvalue weighted by Crippen LogP contribution is -2.54. The van der Waals surface area contributed by atoms with Gasteiger partial charge >= 0.3 is 6.09 Å². The lowest BCUT2D eigenvalue weighted by atomic mass is 10.0. The van der Waals surface area contributed by atoms with Crippen LogP contribution >= 0.6 is 0 Å². The molecule has 0 aromatic heterocycles. The molecule has 1 heterocycles. The Kier molecular flexibility index (Phi) is 13.0. The van der Waals surface area contributed by atoms with Crippen LogP contribution in [0.3, 0.4) is 0 Å². The fourth-order valence-corrected chi connectivity index (χ4v) is 3.85. The Morgan fingerprint density at radius 2 is 1.82 bits per heavy atom. The number of aliphatic hydroxyl groups is 1. The number of carbonyl (C=O) groups is 4. The van der Waals surface area contributed by atoms with E-state index in [0.29, 0.717) is 44.5 Å². The highest BCUT2D eigenvalue weighted by molar-refractivity contribution is 5.97. The fourth-order valence-electron chi connectivity index (χ4n) is 3.85. The molecule has 12 heteroatoms. The standard InChI is InChI=1S/C28H45N5O7/c1-18(2)23(29)25(36)32-22(8-6-7-14-30-26(37)40-28(3,4)5)24(35)31-20-11-9-19(10-12-20)17-39-27(38)33-15-13-21(33)16-34/h9-12,16,18,21-23,27,38H,6-8,13-15,17,29H2,1-5H3,(H,30,37)(H,31,35)(H,32,36)/t21-,22+,23+,27?/m1/s1. The van der Waals surface area contributed by atoms with E-state index in [0.717, 1.165) is 11.8 Å². The Labute approximate surface area is 236 Å². The van der Waals surface area contributed by atoms with Crippen molar-refractivity contribution >= 4 is 29.9 Å². The second kappa shape index (κ2) is 15.7. The number of hydrogen-bond acceptors (Lipinski definition) is 9. The summed E-state index contributed by atoms with van der Waals surface area (Å²) in [6.07, 6.45) is 1.32. The number of nitrogens with two attached hydrogens (primary N) is 1. The van der Waals surface area contributed by atoms with Gasteiger partial charge in [-0.1, -0.05) is 26.0 Å². The molecule has 1 aromatic carbocycles. The zero-order chi connectivity index (χ0) is 29.9. The topological polar surface area (TPSA) is 172 Å². The largest absolute Gasteiger partial charge is 0.444 e. The van der Waals surface area contributed by atoms with Crippen molar-refractivity contribution in [3.05, 3.63) is 29.8 Å². The minimum absolute atomic E-state index is 0.0968. The first kappa shape index (κ1) is 33.1. The zero-order valence-corrected chi connectivity index (χ0v) is 24.1. The van der Waals surface area contributed by atoms with E-state index in [1.165, 1.54) is 0 Å². The van der Waals surface area contributed by atoms with Crippen molar-refractivity contribution in [3.8, 4) is 0 Å². The molecule has 1 fully saturated rings. The Balaban J connectivity index is 1.89. The van der Waals surface area contributed by atoms with Crippen LogP contribution in [0, 0.1) is 5.92 Å². The van der Waals surface area contributed by atoms with Crippen LogP contribution in [0.4, 0.5) is 10.5 Å². The van der Waals surface area contributed by atoms with Crippen LogP contribution in [0.5, 0.6) is 0 Å². The predicted molar refractivity (Wildman–Crippen MR) is 150 cm³/mol. The molecule has 1 saturated heterocycles. The number of nitrogens with one attached hydrogen (secondary N) is 3. The van der Waals surface area contributed by atoms with Gasteiger partial charge < -0.3 is 41.1 Å². The smallest absolute Gasteiger partial charge is 0.407 e. The van der Waals surface area contributed by atoms with Crippen LogP contribution in [0.25, 0.3) is 0 Å². The molecule has 6 N–H and O–H groups in total. The molecular weight excluding hydrogens is 518 g/mol. The van der Waals surface area contributed by atoms with Crippen molar-refractivity contribution in [1.82, 2.24) is 15.5 Å². The molecule has 40 heavy (non-hydrogen) atoms. The first-order chi connectivity index (χ1) is 18.8. The second-order valence-electron chi connectivity index (χ2n) is 11.3. The monoisotopic (exact) mass is 563 g/mol. The predicted octanol–water partition coefficient (Wildman–Crippen LogP) is 1.85. The maximum Gasteiger partial charge on any atom is 0.407 e. The number of hydrogen-bond donors (Lipinski definition) is 5. The van der Waals surface area contributed by atoms with E-state index < -0.39 is 36.1 Å². The summed E-state index contributed by atoms with van der Waals surface area (Å²) >= 11 is 0. The van der Waals surface area contributed by atoms with Gasteiger partial charge in [0.1, 0.15) is 17.9 Å². The molecule has 2 rings (SSSR count). The molecule has 1 aromatic rings. The maximum absolute atomic E-state index is 13.1. The Morgan fingerprint density at radius 1 is 1.15 bits per heavy atom. The highest BCUT2D eigenvalue weighted by Gasteiger charge is 2.33. The molecule has 1 aliphatic heterocycles. The molecule has 0 bridgehead atoms. The maximum atomic E-state index is 13.1. The van der Waals surface area contributed by atoms with E-state index in [9.17, 15) is 24.3 Å². The first-order valence-corrected chi connectivity index (χ1v) is 13.7. The van der Waals surface area contributed by atoms with Crippen LogP contribution in [0.1, 0.15) is 65.9 Å². The molecular formula is C28H45N5O7. The third kappa shape index (κ3) is 11.2. The minimum atomic E-state index is -1.16. The van der Waals surface area contributed by atoms with E-state index >= 15 is 0 Å². The number of ether oxygens (including phenoxy) is 2. The average molecular weight is 564 g/mol. The number of alkyl carbamates (subject to hydrolysis) is 1. The number of anilines is 1. The fraction of sp³-hybridized carbons (Fsp3) is 0.643. The number of benzene rings is 1. The van der Waals surface area contributed by atoms with Gasteiger partial charge in [0.05, 0.1) is 18.7 Å². The summed E-state index contributed by atoms with van der Waals surface area (Å²) < 4.78 is 10.7. The van der Waals surface area contributed by atoms with E-state index in [1.807, 2.05) is 13.8 Å². The summed E-state index contributed by atoms with van der Waals surface area (Å²) in [6, 6.07) is 5.00. The number of likely N-dealkylation sites (tertiary alicyclic amines) is 1. The van der Waals surface area contributed by atoms with Gasteiger partial charge in [-0.3, -0.25) is 9.59 Å². The van der Waals surface area contributed by atoms with Crippen LogP contribution in [-0.4, -0.2) is 77.4 Å². The number of carbonyl (C=O) groups excluding carboxylic acids is 4. The molecule has 12 nitrogen and oxygen atoms in total. The zero-order valence-electron chi connectivity index (χ0n) is 24.1. The second-order valence-corrected chi connectivity index (χ2v) is 11.3. The quantitative estimate of drug-likeness (QED) is 0.121. The van der Waals surface area contributed by atoms with Gasteiger partial charge in [0.25, 0.3) is 0 Å². The minimum Gasteiger partial charge on any atom is -0.444 e. The van der Waals surface area contributed by atoms with E-state index in [1.54, 1.807) is 49.9 Å². The van der Waals surface area contributed by atoms with Crippen molar-refractivity contribution in [2.45, 2.75) is 97.0 Å². The van der Waals surface area contributed by atoms with Crippen LogP contribution in [0.2, 0.25) is 0 Å². The van der Waals surface area contributed by atoms with E-state index in [-0.39, 0.29) is 24.5 Å². The number of nitrogens with zero attached hydrogens (tertiary/aromatic N) is 1. The van der Waals surface area contributed by atoms with Crippen molar-refractivity contribution in [2.75, 3.05) is 18.4 Å².